The van der Waals surface area contributed by atoms with E-state index in [0.29, 0.717) is 12.6 Å². The molecule has 1 saturated carbocycles. The summed E-state index contributed by atoms with van der Waals surface area (Å²) in [6.45, 7) is 0.657. The molecule has 98 valence electrons. The van der Waals surface area contributed by atoms with Gasteiger partial charge in [0, 0.05) is 30.4 Å². The molecule has 2 aromatic heterocycles. The van der Waals surface area contributed by atoms with Gasteiger partial charge in [0.1, 0.15) is 0 Å². The van der Waals surface area contributed by atoms with Gasteiger partial charge in [-0.25, -0.2) is 0 Å². The summed E-state index contributed by atoms with van der Waals surface area (Å²) in [6.07, 6.45) is 5.83. The van der Waals surface area contributed by atoms with Crippen LogP contribution in [0.3, 0.4) is 0 Å². The summed E-state index contributed by atoms with van der Waals surface area (Å²) in [7, 11) is 0. The third-order valence-electron chi connectivity index (χ3n) is 3.14. The summed E-state index contributed by atoms with van der Waals surface area (Å²) in [6, 6.07) is 6.31. The standard InChI is InChI=1S/C14H13IN2OS/c15-13-6-11(9-19-13)14(18)17(12-3-4-12)8-10-2-1-5-16-7-10/h1-2,5-7,9,12H,3-4,8H2. The SMILES string of the molecule is O=C(c1csc(I)c1)N(Cc1cccnc1)C1CC1. The Kier molecular flexibility index (Phi) is 3.83. The van der Waals surface area contributed by atoms with E-state index in [-0.39, 0.29) is 5.91 Å². The molecule has 2 aromatic rings. The zero-order chi connectivity index (χ0) is 13.2. The van der Waals surface area contributed by atoms with Crippen molar-refractivity contribution in [1.29, 1.82) is 0 Å². The minimum Gasteiger partial charge on any atom is -0.331 e. The average molecular weight is 384 g/mol. The van der Waals surface area contributed by atoms with Crippen molar-refractivity contribution in [3.05, 3.63) is 50.0 Å². The van der Waals surface area contributed by atoms with Crippen molar-refractivity contribution < 1.29 is 4.79 Å². The lowest BCUT2D eigenvalue weighted by Gasteiger charge is -2.21. The normalized spacial score (nSPS) is 14.4. The molecule has 3 rings (SSSR count). The van der Waals surface area contributed by atoms with E-state index in [1.807, 2.05) is 34.7 Å². The minimum atomic E-state index is 0.144. The van der Waals surface area contributed by atoms with Gasteiger partial charge in [0.15, 0.2) is 0 Å². The molecule has 1 fully saturated rings. The van der Waals surface area contributed by atoms with Gasteiger partial charge in [-0.2, -0.15) is 0 Å². The van der Waals surface area contributed by atoms with Crippen LogP contribution in [0.15, 0.2) is 36.0 Å². The van der Waals surface area contributed by atoms with Crippen LogP contribution >= 0.6 is 33.9 Å². The van der Waals surface area contributed by atoms with Crippen LogP contribution in [0, 0.1) is 2.88 Å². The quantitative estimate of drug-likeness (QED) is 0.756. The Balaban J connectivity index is 1.79. The van der Waals surface area contributed by atoms with E-state index in [2.05, 4.69) is 27.6 Å². The number of thiophene rings is 1. The van der Waals surface area contributed by atoms with Gasteiger partial charge >= 0.3 is 0 Å². The van der Waals surface area contributed by atoms with E-state index in [9.17, 15) is 4.79 Å². The molecular weight excluding hydrogens is 371 g/mol. The highest BCUT2D eigenvalue weighted by Crippen LogP contribution is 2.30. The van der Waals surface area contributed by atoms with Crippen molar-refractivity contribution in [2.45, 2.75) is 25.4 Å². The highest BCUT2D eigenvalue weighted by Gasteiger charge is 2.33. The fourth-order valence-corrected chi connectivity index (χ4v) is 3.35. The molecule has 0 atom stereocenters. The summed E-state index contributed by atoms with van der Waals surface area (Å²) in [5.41, 5.74) is 1.90. The third kappa shape index (κ3) is 3.14. The smallest absolute Gasteiger partial charge is 0.255 e. The monoisotopic (exact) mass is 384 g/mol. The third-order valence-corrected chi connectivity index (χ3v) is 4.93. The van der Waals surface area contributed by atoms with E-state index in [1.54, 1.807) is 17.5 Å². The highest BCUT2D eigenvalue weighted by molar-refractivity contribution is 14.1. The van der Waals surface area contributed by atoms with Crippen LogP contribution in [-0.2, 0) is 6.54 Å². The Morgan fingerprint density at radius 3 is 2.95 bits per heavy atom. The summed E-state index contributed by atoms with van der Waals surface area (Å²) >= 11 is 3.87. The van der Waals surface area contributed by atoms with Crippen LogP contribution in [-0.4, -0.2) is 21.8 Å². The summed E-state index contributed by atoms with van der Waals surface area (Å²) in [5, 5.41) is 1.95. The number of aromatic nitrogens is 1. The maximum Gasteiger partial charge on any atom is 0.255 e. The highest BCUT2D eigenvalue weighted by atomic mass is 127. The lowest BCUT2D eigenvalue weighted by atomic mass is 10.2. The number of halogens is 1. The molecule has 5 heteroatoms. The van der Waals surface area contributed by atoms with Crippen LogP contribution in [0.1, 0.15) is 28.8 Å². The van der Waals surface area contributed by atoms with E-state index in [0.717, 1.165) is 26.9 Å². The van der Waals surface area contributed by atoms with Gasteiger partial charge in [0.2, 0.25) is 0 Å². The molecule has 19 heavy (non-hydrogen) atoms. The fourth-order valence-electron chi connectivity index (χ4n) is 2.03. The number of hydrogen-bond donors (Lipinski definition) is 0. The number of carbonyl (C=O) groups is 1. The number of nitrogens with zero attached hydrogens (tertiary/aromatic N) is 2. The molecule has 0 aromatic carbocycles. The molecular formula is C14H13IN2OS. The van der Waals surface area contributed by atoms with Gasteiger partial charge in [-0.05, 0) is 53.1 Å². The van der Waals surface area contributed by atoms with E-state index in [1.165, 1.54) is 0 Å². The van der Waals surface area contributed by atoms with Crippen LogP contribution in [0.25, 0.3) is 0 Å². The average Bonchev–Trinajstić information content (AvgIpc) is 3.18. The Morgan fingerprint density at radius 2 is 2.37 bits per heavy atom. The van der Waals surface area contributed by atoms with Crippen LogP contribution in [0.2, 0.25) is 0 Å². The van der Waals surface area contributed by atoms with Crippen molar-refractivity contribution in [2.75, 3.05) is 0 Å². The number of rotatable bonds is 4. The summed E-state index contributed by atoms with van der Waals surface area (Å²) < 4.78 is 1.15. The number of hydrogen-bond acceptors (Lipinski definition) is 3. The predicted octanol–water partition coefficient (Wildman–Crippen LogP) is 3.55. The summed E-state index contributed by atoms with van der Waals surface area (Å²) in [4.78, 5) is 18.7. The van der Waals surface area contributed by atoms with Gasteiger partial charge in [0.25, 0.3) is 5.91 Å². The van der Waals surface area contributed by atoms with Gasteiger partial charge in [-0.15, -0.1) is 11.3 Å². The van der Waals surface area contributed by atoms with E-state index >= 15 is 0 Å². The van der Waals surface area contributed by atoms with Crippen molar-refractivity contribution in [3.63, 3.8) is 0 Å². The second kappa shape index (κ2) is 5.58. The first-order chi connectivity index (χ1) is 9.24. The molecule has 0 bridgehead atoms. The second-order valence-electron chi connectivity index (χ2n) is 4.66. The Labute approximate surface area is 129 Å². The zero-order valence-electron chi connectivity index (χ0n) is 10.3. The molecule has 1 amide bonds. The second-order valence-corrected chi connectivity index (χ2v) is 7.47. The van der Waals surface area contributed by atoms with Gasteiger partial charge in [0.05, 0.1) is 8.45 Å². The Morgan fingerprint density at radius 1 is 1.53 bits per heavy atom. The first kappa shape index (κ1) is 13.1. The van der Waals surface area contributed by atoms with Gasteiger partial charge in [-0.3, -0.25) is 9.78 Å². The van der Waals surface area contributed by atoms with Crippen molar-refractivity contribution >= 4 is 39.8 Å². The molecule has 0 saturated heterocycles. The van der Waals surface area contributed by atoms with Crippen LogP contribution in [0.4, 0.5) is 0 Å². The Hall–Kier alpha value is -0.950. The van der Waals surface area contributed by atoms with Crippen LogP contribution < -0.4 is 0 Å². The molecule has 0 unspecified atom stereocenters. The number of pyridine rings is 1. The van der Waals surface area contributed by atoms with E-state index < -0.39 is 0 Å². The van der Waals surface area contributed by atoms with Gasteiger partial charge < -0.3 is 4.90 Å². The van der Waals surface area contributed by atoms with Gasteiger partial charge in [-0.1, -0.05) is 6.07 Å². The van der Waals surface area contributed by atoms with Crippen molar-refractivity contribution in [2.24, 2.45) is 0 Å². The topological polar surface area (TPSA) is 33.2 Å². The van der Waals surface area contributed by atoms with Crippen molar-refractivity contribution in [3.8, 4) is 0 Å². The van der Waals surface area contributed by atoms with E-state index in [4.69, 9.17) is 0 Å². The largest absolute Gasteiger partial charge is 0.331 e. The number of carbonyl (C=O) groups excluding carboxylic acids is 1. The maximum atomic E-state index is 12.6. The fraction of sp³-hybridized carbons (Fsp3) is 0.286. The van der Waals surface area contributed by atoms with Crippen molar-refractivity contribution in [1.82, 2.24) is 9.88 Å². The molecule has 0 N–H and O–H groups in total. The summed E-state index contributed by atoms with van der Waals surface area (Å²) in [5.74, 6) is 0.144. The lowest BCUT2D eigenvalue weighted by molar-refractivity contribution is 0.0730. The molecule has 1 aliphatic carbocycles. The van der Waals surface area contributed by atoms with Crippen LogP contribution in [0.5, 0.6) is 0 Å². The molecule has 0 aliphatic heterocycles. The maximum absolute atomic E-state index is 12.6. The number of amides is 1. The Bertz CT molecular complexity index is 580. The first-order valence-corrected chi connectivity index (χ1v) is 8.14. The molecule has 3 nitrogen and oxygen atoms in total. The first-order valence-electron chi connectivity index (χ1n) is 6.18. The lowest BCUT2D eigenvalue weighted by Crippen LogP contribution is -2.32. The molecule has 2 heterocycles. The minimum absolute atomic E-state index is 0.144. The zero-order valence-corrected chi connectivity index (χ0v) is 13.2. The molecule has 0 radical (unpaired) electrons. The predicted molar refractivity (Wildman–Crippen MR) is 84.2 cm³/mol. The molecule has 1 aliphatic rings. The molecule has 0 spiro atoms.